The van der Waals surface area contributed by atoms with Gasteiger partial charge in [-0.25, -0.2) is 15.5 Å². The van der Waals surface area contributed by atoms with Crippen molar-refractivity contribution in [2.24, 2.45) is 10.3 Å². The highest BCUT2D eigenvalue weighted by molar-refractivity contribution is 5.91. The van der Waals surface area contributed by atoms with Gasteiger partial charge in [0.15, 0.2) is 11.5 Å². The molecule has 2 aromatic rings. The molecule has 1 N–H and O–H groups in total. The lowest BCUT2D eigenvalue weighted by molar-refractivity contribution is 0.416. The van der Waals surface area contributed by atoms with Gasteiger partial charge in [0.05, 0.1) is 18.0 Å². The Morgan fingerprint density at radius 2 is 2.19 bits per heavy atom. The zero-order chi connectivity index (χ0) is 11.5. The molecule has 0 atom stereocenters. The molecule has 1 aromatic carbocycles. The Bertz CT molecular complexity index is 569. The second-order valence-corrected chi connectivity index (χ2v) is 2.94. The quantitative estimate of drug-likeness (QED) is 0.630. The molecule has 0 aliphatic rings. The summed E-state index contributed by atoms with van der Waals surface area (Å²) in [5, 5.41) is 6.64. The van der Waals surface area contributed by atoms with Crippen molar-refractivity contribution in [3.05, 3.63) is 23.4 Å². The molecule has 0 saturated heterocycles. The van der Waals surface area contributed by atoms with Gasteiger partial charge in [-0.3, -0.25) is 0 Å². The second-order valence-electron chi connectivity index (χ2n) is 2.94. The van der Waals surface area contributed by atoms with E-state index in [1.807, 2.05) is 0 Å². The van der Waals surface area contributed by atoms with Gasteiger partial charge in [-0.1, -0.05) is 0 Å². The summed E-state index contributed by atoms with van der Waals surface area (Å²) in [7, 11) is 1.43. The normalized spacial score (nSPS) is 10.1. The second kappa shape index (κ2) is 3.97. The number of nitrogens with one attached hydrogen (secondary N) is 1. The Balaban J connectivity index is 2.82. The van der Waals surface area contributed by atoms with Gasteiger partial charge in [0, 0.05) is 0 Å². The number of rotatable bonds is 3. The third kappa shape index (κ3) is 1.48. The van der Waals surface area contributed by atoms with Crippen LogP contribution in [0.2, 0.25) is 0 Å². The van der Waals surface area contributed by atoms with Crippen molar-refractivity contribution >= 4 is 22.4 Å². The average Bonchev–Trinajstić information content (AvgIpc) is 2.36. The van der Waals surface area contributed by atoms with Crippen LogP contribution in [0.15, 0.2) is 28.8 Å². The highest BCUT2D eigenvalue weighted by Crippen LogP contribution is 2.34. The van der Waals surface area contributed by atoms with E-state index in [1.54, 1.807) is 6.07 Å². The molecule has 0 bridgehead atoms. The van der Waals surface area contributed by atoms with Crippen molar-refractivity contribution in [1.29, 1.82) is 5.53 Å². The topological polar surface area (TPSA) is 101 Å². The minimum atomic E-state index is 0.157. The molecule has 1 heterocycles. The fourth-order valence-electron chi connectivity index (χ4n) is 1.38. The summed E-state index contributed by atoms with van der Waals surface area (Å²) >= 11 is 0. The molecule has 0 fully saturated rings. The van der Waals surface area contributed by atoms with Crippen LogP contribution in [0.25, 0.3) is 10.9 Å². The lowest BCUT2D eigenvalue weighted by Crippen LogP contribution is -1.87. The zero-order valence-corrected chi connectivity index (χ0v) is 8.34. The van der Waals surface area contributed by atoms with E-state index in [0.29, 0.717) is 16.7 Å². The van der Waals surface area contributed by atoms with Crippen LogP contribution in [0.5, 0.6) is 5.75 Å². The van der Waals surface area contributed by atoms with Crippen LogP contribution < -0.4 is 4.74 Å². The van der Waals surface area contributed by atoms with Crippen molar-refractivity contribution in [3.8, 4) is 5.75 Å². The summed E-state index contributed by atoms with van der Waals surface area (Å²) in [6.07, 6.45) is 1.27. The molecular formula is C9H7N5O2. The smallest absolute Gasteiger partial charge is 0.184 e. The van der Waals surface area contributed by atoms with Crippen LogP contribution in [-0.2, 0) is 0 Å². The van der Waals surface area contributed by atoms with E-state index in [-0.39, 0.29) is 11.5 Å². The van der Waals surface area contributed by atoms with Crippen molar-refractivity contribution in [2.45, 2.75) is 0 Å². The van der Waals surface area contributed by atoms with Gasteiger partial charge in [0.1, 0.15) is 12.1 Å². The predicted octanol–water partition coefficient (Wildman–Crippen LogP) is 2.70. The van der Waals surface area contributed by atoms with Gasteiger partial charge < -0.3 is 4.74 Å². The Morgan fingerprint density at radius 1 is 1.38 bits per heavy atom. The Hall–Kier alpha value is -2.44. The highest BCUT2D eigenvalue weighted by Gasteiger charge is 2.10. The van der Waals surface area contributed by atoms with Crippen LogP contribution in [-0.4, -0.2) is 17.1 Å². The monoisotopic (exact) mass is 217 g/mol. The lowest BCUT2D eigenvalue weighted by atomic mass is 10.2. The molecule has 0 saturated carbocycles. The first kappa shape index (κ1) is 10.1. The van der Waals surface area contributed by atoms with Gasteiger partial charge >= 0.3 is 0 Å². The predicted molar refractivity (Wildman–Crippen MR) is 56.4 cm³/mol. The number of nitroso groups, excluding NO2 is 1. The molecule has 2 rings (SSSR count). The van der Waals surface area contributed by atoms with E-state index >= 15 is 0 Å². The molecule has 0 unspecified atom stereocenters. The minimum Gasteiger partial charge on any atom is -0.494 e. The van der Waals surface area contributed by atoms with E-state index in [4.69, 9.17) is 10.3 Å². The highest BCUT2D eigenvalue weighted by atomic mass is 16.5. The number of aromatic nitrogens is 2. The molecule has 1 aromatic heterocycles. The molecule has 0 spiro atoms. The van der Waals surface area contributed by atoms with Gasteiger partial charge in [0.25, 0.3) is 0 Å². The molecule has 0 aliphatic heterocycles. The largest absolute Gasteiger partial charge is 0.494 e. The first-order valence-corrected chi connectivity index (χ1v) is 4.33. The Labute approximate surface area is 90.0 Å². The summed E-state index contributed by atoms with van der Waals surface area (Å²) in [6.45, 7) is 0. The Kier molecular flexibility index (Phi) is 2.50. The van der Waals surface area contributed by atoms with E-state index in [0.717, 1.165) is 0 Å². The van der Waals surface area contributed by atoms with Gasteiger partial charge in [-0.2, -0.15) is 0 Å². The fraction of sp³-hybridized carbons (Fsp3) is 0.111. The third-order valence-electron chi connectivity index (χ3n) is 2.12. The summed E-state index contributed by atoms with van der Waals surface area (Å²) in [5.41, 5.74) is 7.61. The van der Waals surface area contributed by atoms with E-state index in [9.17, 15) is 4.91 Å². The average molecular weight is 217 g/mol. The maximum atomic E-state index is 10.6. The summed E-state index contributed by atoms with van der Waals surface area (Å²) < 4.78 is 4.99. The summed E-state index contributed by atoms with van der Waals surface area (Å²) in [4.78, 5) is 18.3. The Morgan fingerprint density at radius 3 is 2.81 bits per heavy atom. The standard InChI is InChI=1S/C9H7N5O2/c1-16-8-2-5-6(3-7(8)14-15)11-4-12-9(5)13-10/h2-4,10H,1H3. The SMILES string of the molecule is COc1cc2c(N=N)ncnc2cc1N=O. The zero-order valence-electron chi connectivity index (χ0n) is 8.34. The summed E-state index contributed by atoms with van der Waals surface area (Å²) in [6, 6.07) is 3.01. The molecule has 80 valence electrons. The number of ether oxygens (including phenoxy) is 1. The van der Waals surface area contributed by atoms with Crippen LogP contribution in [0.1, 0.15) is 0 Å². The fourth-order valence-corrected chi connectivity index (χ4v) is 1.38. The van der Waals surface area contributed by atoms with E-state index in [1.165, 1.54) is 19.5 Å². The molecular weight excluding hydrogens is 210 g/mol. The lowest BCUT2D eigenvalue weighted by Gasteiger charge is -2.04. The van der Waals surface area contributed by atoms with Crippen molar-refractivity contribution in [1.82, 2.24) is 9.97 Å². The van der Waals surface area contributed by atoms with Gasteiger partial charge in [-0.15, -0.1) is 10.0 Å². The van der Waals surface area contributed by atoms with Crippen LogP contribution in [0, 0.1) is 10.4 Å². The number of hydrogen-bond donors (Lipinski definition) is 1. The van der Waals surface area contributed by atoms with Crippen LogP contribution in [0.3, 0.4) is 0 Å². The molecule has 0 aliphatic carbocycles. The van der Waals surface area contributed by atoms with Crippen molar-refractivity contribution in [3.63, 3.8) is 0 Å². The van der Waals surface area contributed by atoms with E-state index < -0.39 is 0 Å². The third-order valence-corrected chi connectivity index (χ3v) is 2.12. The molecule has 7 nitrogen and oxygen atoms in total. The van der Waals surface area contributed by atoms with E-state index in [2.05, 4.69) is 20.3 Å². The number of nitrogens with zero attached hydrogens (tertiary/aromatic N) is 4. The van der Waals surface area contributed by atoms with Crippen molar-refractivity contribution in [2.75, 3.05) is 7.11 Å². The van der Waals surface area contributed by atoms with Crippen LogP contribution >= 0.6 is 0 Å². The van der Waals surface area contributed by atoms with Crippen LogP contribution in [0.4, 0.5) is 11.5 Å². The molecule has 16 heavy (non-hydrogen) atoms. The number of benzene rings is 1. The number of methoxy groups -OCH3 is 1. The van der Waals surface area contributed by atoms with Gasteiger partial charge in [-0.05, 0) is 17.3 Å². The van der Waals surface area contributed by atoms with Crippen molar-refractivity contribution < 1.29 is 4.74 Å². The molecule has 0 radical (unpaired) electrons. The summed E-state index contributed by atoms with van der Waals surface area (Å²) in [5.74, 6) is 0.531. The first-order valence-electron chi connectivity index (χ1n) is 4.33. The number of hydrogen-bond acceptors (Lipinski definition) is 7. The number of fused-ring (bicyclic) bond motifs is 1. The maximum absolute atomic E-state index is 10.6. The molecule has 7 heteroatoms. The molecule has 0 amide bonds. The first-order chi connectivity index (χ1) is 7.80. The van der Waals surface area contributed by atoms with Gasteiger partial charge in [0.2, 0.25) is 0 Å². The minimum absolute atomic E-state index is 0.157. The maximum Gasteiger partial charge on any atom is 0.184 e.